The molecule has 0 atom stereocenters. The first-order valence-corrected chi connectivity index (χ1v) is 10.3. The van der Waals surface area contributed by atoms with E-state index in [1.807, 2.05) is 13.8 Å². The number of benzene rings is 1. The molecule has 152 valence electrons. The van der Waals surface area contributed by atoms with Crippen molar-refractivity contribution >= 4 is 22.0 Å². The summed E-state index contributed by atoms with van der Waals surface area (Å²) >= 11 is 0. The van der Waals surface area contributed by atoms with E-state index in [-0.39, 0.29) is 30.2 Å². The molecule has 0 aromatic heterocycles. The number of carbonyl (C=O) groups excluding carboxylic acids is 2. The summed E-state index contributed by atoms with van der Waals surface area (Å²) in [7, 11) is -4.12. The van der Waals surface area contributed by atoms with E-state index in [1.165, 1.54) is 17.0 Å². The molecule has 7 nitrogen and oxygen atoms in total. The molecule has 0 aliphatic carbocycles. The molecule has 0 bridgehead atoms. The highest BCUT2D eigenvalue weighted by Gasteiger charge is 2.20. The van der Waals surface area contributed by atoms with E-state index in [4.69, 9.17) is 9.29 Å². The zero-order valence-electron chi connectivity index (χ0n) is 15.9. The lowest BCUT2D eigenvalue weighted by Crippen LogP contribution is -2.35. The van der Waals surface area contributed by atoms with E-state index < -0.39 is 39.5 Å². The van der Waals surface area contributed by atoms with Gasteiger partial charge in [-0.1, -0.05) is 27.7 Å². The minimum absolute atomic E-state index is 0.0594. The molecule has 0 aliphatic rings. The Bertz CT molecular complexity index is 776. The van der Waals surface area contributed by atoms with Gasteiger partial charge in [0.05, 0.1) is 11.7 Å². The lowest BCUT2D eigenvalue weighted by atomic mass is 10.1. The van der Waals surface area contributed by atoms with Crippen molar-refractivity contribution in [3.8, 4) is 5.75 Å². The van der Waals surface area contributed by atoms with Crippen molar-refractivity contribution in [2.75, 3.05) is 18.8 Å². The zero-order chi connectivity index (χ0) is 20.8. The molecule has 0 fully saturated rings. The third-order valence-electron chi connectivity index (χ3n) is 3.56. The number of halogens is 1. The van der Waals surface area contributed by atoms with E-state index in [0.717, 1.165) is 6.07 Å². The number of ether oxygens (including phenoxy) is 1. The van der Waals surface area contributed by atoms with Gasteiger partial charge in [0.15, 0.2) is 11.6 Å². The van der Waals surface area contributed by atoms with Gasteiger partial charge in [-0.2, -0.15) is 8.42 Å². The van der Waals surface area contributed by atoms with Gasteiger partial charge in [0, 0.05) is 18.7 Å². The van der Waals surface area contributed by atoms with Crippen LogP contribution in [0.15, 0.2) is 18.2 Å². The normalized spacial score (nSPS) is 11.7. The van der Waals surface area contributed by atoms with E-state index >= 15 is 0 Å². The fraction of sp³-hybridized carbons (Fsp3) is 0.556. The Morgan fingerprint density at radius 3 is 2.33 bits per heavy atom. The molecule has 1 aromatic rings. The van der Waals surface area contributed by atoms with Gasteiger partial charge in [0.1, 0.15) is 0 Å². The SMILES string of the molecule is CC(C)CN(CCCS(=O)(=O)O)C(=O)c1ccc(OC(=O)C(C)C)c(F)c1. The smallest absolute Gasteiger partial charge is 0.313 e. The molecule has 0 saturated carbocycles. The van der Waals surface area contributed by atoms with Crippen LogP contribution in [0.1, 0.15) is 44.5 Å². The molecule has 0 spiro atoms. The molecule has 9 heteroatoms. The summed E-state index contributed by atoms with van der Waals surface area (Å²) in [6.07, 6.45) is 0.0594. The number of hydrogen-bond acceptors (Lipinski definition) is 5. The summed E-state index contributed by atoms with van der Waals surface area (Å²) < 4.78 is 49.7. The van der Waals surface area contributed by atoms with Crippen molar-refractivity contribution in [1.82, 2.24) is 4.90 Å². The van der Waals surface area contributed by atoms with Crippen molar-refractivity contribution in [2.24, 2.45) is 11.8 Å². The van der Waals surface area contributed by atoms with Crippen LogP contribution >= 0.6 is 0 Å². The zero-order valence-corrected chi connectivity index (χ0v) is 16.8. The average Bonchev–Trinajstić information content (AvgIpc) is 2.53. The maximum Gasteiger partial charge on any atom is 0.313 e. The number of carbonyl (C=O) groups is 2. The largest absolute Gasteiger partial charge is 0.423 e. The van der Waals surface area contributed by atoms with Gasteiger partial charge in [0.2, 0.25) is 0 Å². The summed E-state index contributed by atoms with van der Waals surface area (Å²) in [5.41, 5.74) is 0.0596. The minimum atomic E-state index is -4.12. The van der Waals surface area contributed by atoms with Crippen LogP contribution in [0.4, 0.5) is 4.39 Å². The fourth-order valence-electron chi connectivity index (χ4n) is 2.28. The van der Waals surface area contributed by atoms with Crippen molar-refractivity contribution in [2.45, 2.75) is 34.1 Å². The molecule has 27 heavy (non-hydrogen) atoms. The van der Waals surface area contributed by atoms with Gasteiger partial charge in [-0.3, -0.25) is 14.1 Å². The van der Waals surface area contributed by atoms with Crippen LogP contribution in [0.25, 0.3) is 0 Å². The van der Waals surface area contributed by atoms with Gasteiger partial charge >= 0.3 is 5.97 Å². The molecular formula is C18H26FNO6S. The van der Waals surface area contributed by atoms with Gasteiger partial charge < -0.3 is 9.64 Å². The van der Waals surface area contributed by atoms with Crippen LogP contribution in [0.2, 0.25) is 0 Å². The number of hydrogen-bond donors (Lipinski definition) is 1. The first-order valence-electron chi connectivity index (χ1n) is 8.66. The van der Waals surface area contributed by atoms with E-state index in [1.54, 1.807) is 13.8 Å². The van der Waals surface area contributed by atoms with Gasteiger partial charge in [-0.25, -0.2) is 4.39 Å². The second-order valence-electron chi connectivity index (χ2n) is 7.01. The third kappa shape index (κ3) is 8.04. The van der Waals surface area contributed by atoms with Gasteiger partial charge in [0.25, 0.3) is 16.0 Å². The maximum absolute atomic E-state index is 14.2. The Balaban J connectivity index is 2.93. The summed E-state index contributed by atoms with van der Waals surface area (Å²) in [4.78, 5) is 25.7. The molecule has 0 radical (unpaired) electrons. The van der Waals surface area contributed by atoms with Crippen molar-refractivity contribution in [1.29, 1.82) is 0 Å². The highest BCUT2D eigenvalue weighted by molar-refractivity contribution is 7.85. The van der Waals surface area contributed by atoms with Gasteiger partial charge in [-0.05, 0) is 30.5 Å². The maximum atomic E-state index is 14.2. The summed E-state index contributed by atoms with van der Waals surface area (Å²) in [5.74, 6) is -2.93. The lowest BCUT2D eigenvalue weighted by Gasteiger charge is -2.24. The Morgan fingerprint density at radius 2 is 1.85 bits per heavy atom. The molecule has 1 aromatic carbocycles. The van der Waals surface area contributed by atoms with E-state index in [0.29, 0.717) is 6.54 Å². The lowest BCUT2D eigenvalue weighted by molar-refractivity contribution is -0.137. The minimum Gasteiger partial charge on any atom is -0.423 e. The standard InChI is InChI=1S/C18H26FNO6S/c1-12(2)11-20(8-5-9-27(23,24)25)17(21)14-6-7-16(15(19)10-14)26-18(22)13(3)4/h6-7,10,12-13H,5,8-9,11H2,1-4H3,(H,23,24,25). The number of rotatable bonds is 9. The second-order valence-corrected chi connectivity index (χ2v) is 8.58. The van der Waals surface area contributed by atoms with Crippen LogP contribution in [-0.4, -0.2) is 48.6 Å². The molecule has 1 rings (SSSR count). The van der Waals surface area contributed by atoms with Crippen molar-refractivity contribution < 1.29 is 31.7 Å². The van der Waals surface area contributed by atoms with Crippen LogP contribution in [0.3, 0.4) is 0 Å². The molecule has 0 unspecified atom stereocenters. The van der Waals surface area contributed by atoms with Crippen molar-refractivity contribution in [3.05, 3.63) is 29.6 Å². The fourth-order valence-corrected chi connectivity index (χ4v) is 2.77. The Kier molecular flexibility index (Phi) is 8.36. The topological polar surface area (TPSA) is 101 Å². The predicted octanol–water partition coefficient (Wildman–Crippen LogP) is 2.76. The molecular weight excluding hydrogens is 377 g/mol. The molecule has 1 amide bonds. The second kappa shape index (κ2) is 9.80. The molecule has 1 N–H and O–H groups in total. The summed E-state index contributed by atoms with van der Waals surface area (Å²) in [6, 6.07) is 3.56. The number of esters is 1. The average molecular weight is 403 g/mol. The van der Waals surface area contributed by atoms with Crippen LogP contribution < -0.4 is 4.74 Å². The monoisotopic (exact) mass is 403 g/mol. The molecule has 0 heterocycles. The van der Waals surface area contributed by atoms with Crippen LogP contribution in [-0.2, 0) is 14.9 Å². The third-order valence-corrected chi connectivity index (χ3v) is 4.37. The summed E-state index contributed by atoms with van der Waals surface area (Å²) in [5, 5.41) is 0. The van der Waals surface area contributed by atoms with Crippen LogP contribution in [0, 0.1) is 17.7 Å². The predicted molar refractivity (Wildman–Crippen MR) is 98.6 cm³/mol. The van der Waals surface area contributed by atoms with Crippen LogP contribution in [0.5, 0.6) is 5.75 Å². The Morgan fingerprint density at radius 1 is 1.22 bits per heavy atom. The quantitative estimate of drug-likeness (QED) is 0.387. The first kappa shape index (κ1) is 23.0. The van der Waals surface area contributed by atoms with E-state index in [2.05, 4.69) is 0 Å². The van der Waals surface area contributed by atoms with E-state index in [9.17, 15) is 22.4 Å². The van der Waals surface area contributed by atoms with Gasteiger partial charge in [-0.15, -0.1) is 0 Å². The van der Waals surface area contributed by atoms with Crippen molar-refractivity contribution in [3.63, 3.8) is 0 Å². The Hall–Kier alpha value is -2.00. The number of nitrogens with zero attached hydrogens (tertiary/aromatic N) is 1. The first-order chi connectivity index (χ1) is 12.4. The molecule has 0 aliphatic heterocycles. The Labute approximate surface area is 159 Å². The molecule has 0 saturated heterocycles. The number of amides is 1. The summed E-state index contributed by atoms with van der Waals surface area (Å²) in [6.45, 7) is 7.46. The highest BCUT2D eigenvalue weighted by Crippen LogP contribution is 2.21. The highest BCUT2D eigenvalue weighted by atomic mass is 32.2.